The Bertz CT molecular complexity index is 439. The zero-order chi connectivity index (χ0) is 10.9. The van der Waals surface area contributed by atoms with Crippen LogP contribution in [0.4, 0.5) is 4.39 Å². The van der Waals surface area contributed by atoms with Crippen molar-refractivity contribution in [3.63, 3.8) is 0 Å². The predicted octanol–water partition coefficient (Wildman–Crippen LogP) is 0.503. The van der Waals surface area contributed by atoms with E-state index in [0.29, 0.717) is 13.2 Å². The largest absolute Gasteiger partial charge is 0.378 e. The first-order chi connectivity index (χ1) is 7.08. The van der Waals surface area contributed by atoms with Crippen LogP contribution in [0.25, 0.3) is 0 Å². The summed E-state index contributed by atoms with van der Waals surface area (Å²) in [4.78, 5) is 0.0656. The van der Waals surface area contributed by atoms with Crippen molar-refractivity contribution in [2.75, 3.05) is 13.2 Å². The molecule has 2 rings (SSSR count). The Kier molecular flexibility index (Phi) is 2.72. The first-order valence-corrected chi connectivity index (χ1v) is 5.92. The third-order valence-electron chi connectivity index (χ3n) is 2.08. The van der Waals surface area contributed by atoms with Crippen molar-refractivity contribution in [1.29, 1.82) is 0 Å². The van der Waals surface area contributed by atoms with E-state index in [9.17, 15) is 12.8 Å². The van der Waals surface area contributed by atoms with E-state index in [4.69, 9.17) is 4.74 Å². The SMILES string of the molecule is O=S(=O)(NC1COC1)c1ccc(F)cc1. The van der Waals surface area contributed by atoms with Crippen LogP contribution in [-0.4, -0.2) is 27.7 Å². The second-order valence-electron chi connectivity index (χ2n) is 3.31. The second-order valence-corrected chi connectivity index (χ2v) is 5.02. The maximum atomic E-state index is 12.6. The van der Waals surface area contributed by atoms with Gasteiger partial charge in [0.1, 0.15) is 5.82 Å². The van der Waals surface area contributed by atoms with Crippen LogP contribution in [0.5, 0.6) is 0 Å². The number of sulfonamides is 1. The number of halogens is 1. The van der Waals surface area contributed by atoms with Crippen molar-refractivity contribution < 1.29 is 17.5 Å². The fourth-order valence-electron chi connectivity index (χ4n) is 1.20. The summed E-state index contributed by atoms with van der Waals surface area (Å²) in [5.41, 5.74) is 0. The molecule has 1 N–H and O–H groups in total. The summed E-state index contributed by atoms with van der Waals surface area (Å²) in [5, 5.41) is 0. The lowest BCUT2D eigenvalue weighted by Gasteiger charge is -2.26. The third-order valence-corrected chi connectivity index (χ3v) is 3.62. The maximum Gasteiger partial charge on any atom is 0.240 e. The molecule has 1 saturated heterocycles. The van der Waals surface area contributed by atoms with Crippen LogP contribution >= 0.6 is 0 Å². The fraction of sp³-hybridized carbons (Fsp3) is 0.333. The van der Waals surface area contributed by atoms with Crippen LogP contribution in [0.2, 0.25) is 0 Å². The lowest BCUT2D eigenvalue weighted by atomic mass is 10.3. The maximum absolute atomic E-state index is 12.6. The van der Waals surface area contributed by atoms with E-state index in [2.05, 4.69) is 4.72 Å². The lowest BCUT2D eigenvalue weighted by Crippen LogP contribution is -2.48. The molecule has 15 heavy (non-hydrogen) atoms. The highest BCUT2D eigenvalue weighted by atomic mass is 32.2. The summed E-state index contributed by atoms with van der Waals surface area (Å²) in [7, 11) is -3.53. The summed E-state index contributed by atoms with van der Waals surface area (Å²) in [6, 6.07) is 4.53. The molecule has 1 aromatic rings. The third kappa shape index (κ3) is 2.34. The number of nitrogens with one attached hydrogen (secondary N) is 1. The number of rotatable bonds is 3. The van der Waals surface area contributed by atoms with Gasteiger partial charge in [0.25, 0.3) is 0 Å². The van der Waals surface area contributed by atoms with Gasteiger partial charge < -0.3 is 4.74 Å². The zero-order valence-corrected chi connectivity index (χ0v) is 8.63. The fourth-order valence-corrected chi connectivity index (χ4v) is 2.41. The van der Waals surface area contributed by atoms with E-state index < -0.39 is 15.8 Å². The molecule has 0 aromatic heterocycles. The molecule has 1 aliphatic rings. The number of hydrogen-bond donors (Lipinski definition) is 1. The minimum Gasteiger partial charge on any atom is -0.378 e. The van der Waals surface area contributed by atoms with Crippen LogP contribution in [0.3, 0.4) is 0 Å². The van der Waals surface area contributed by atoms with Gasteiger partial charge in [0.15, 0.2) is 0 Å². The van der Waals surface area contributed by atoms with Gasteiger partial charge in [-0.25, -0.2) is 17.5 Å². The van der Waals surface area contributed by atoms with Crippen LogP contribution in [0, 0.1) is 5.82 Å². The van der Waals surface area contributed by atoms with Crippen molar-refractivity contribution in [3.8, 4) is 0 Å². The number of hydrogen-bond acceptors (Lipinski definition) is 3. The van der Waals surface area contributed by atoms with Crippen LogP contribution < -0.4 is 4.72 Å². The molecular formula is C9H10FNO3S. The van der Waals surface area contributed by atoms with E-state index in [-0.39, 0.29) is 10.9 Å². The molecule has 4 nitrogen and oxygen atoms in total. The summed E-state index contributed by atoms with van der Waals surface area (Å²) in [6.45, 7) is 0.779. The summed E-state index contributed by atoms with van der Waals surface area (Å²) in [6.07, 6.45) is 0. The Balaban J connectivity index is 2.17. The van der Waals surface area contributed by atoms with Crippen LogP contribution in [-0.2, 0) is 14.8 Å². The van der Waals surface area contributed by atoms with E-state index in [1.165, 1.54) is 12.1 Å². The monoisotopic (exact) mass is 231 g/mol. The van der Waals surface area contributed by atoms with Crippen molar-refractivity contribution in [2.45, 2.75) is 10.9 Å². The molecule has 6 heteroatoms. The Morgan fingerprint density at radius 2 is 1.87 bits per heavy atom. The average Bonchev–Trinajstić information content (AvgIpc) is 2.13. The molecule has 1 aromatic carbocycles. The molecule has 0 saturated carbocycles. The van der Waals surface area contributed by atoms with Crippen molar-refractivity contribution >= 4 is 10.0 Å². The van der Waals surface area contributed by atoms with E-state index in [0.717, 1.165) is 12.1 Å². The highest BCUT2D eigenvalue weighted by Gasteiger charge is 2.25. The molecule has 82 valence electrons. The Morgan fingerprint density at radius 1 is 1.27 bits per heavy atom. The average molecular weight is 231 g/mol. The molecule has 0 atom stereocenters. The Hall–Kier alpha value is -0.980. The van der Waals surface area contributed by atoms with Crippen molar-refractivity contribution in [1.82, 2.24) is 4.72 Å². The van der Waals surface area contributed by atoms with Gasteiger partial charge in [-0.3, -0.25) is 0 Å². The molecule has 0 radical (unpaired) electrons. The van der Waals surface area contributed by atoms with Gasteiger partial charge in [0.2, 0.25) is 10.0 Å². The van der Waals surface area contributed by atoms with Crippen molar-refractivity contribution in [3.05, 3.63) is 30.1 Å². The van der Waals surface area contributed by atoms with E-state index in [1.54, 1.807) is 0 Å². The standard InChI is InChI=1S/C9H10FNO3S/c10-7-1-3-9(4-2-7)15(12,13)11-8-5-14-6-8/h1-4,8,11H,5-6H2. The van der Waals surface area contributed by atoms with Gasteiger partial charge >= 0.3 is 0 Å². The molecule has 0 amide bonds. The highest BCUT2D eigenvalue weighted by molar-refractivity contribution is 7.89. The minimum atomic E-state index is -3.53. The van der Waals surface area contributed by atoms with Gasteiger partial charge in [-0.05, 0) is 24.3 Å². The molecule has 0 bridgehead atoms. The van der Waals surface area contributed by atoms with Gasteiger partial charge in [0, 0.05) is 0 Å². The molecule has 1 heterocycles. The minimum absolute atomic E-state index is 0.0656. The summed E-state index contributed by atoms with van der Waals surface area (Å²) in [5.74, 6) is -0.457. The normalized spacial score (nSPS) is 17.4. The summed E-state index contributed by atoms with van der Waals surface area (Å²) >= 11 is 0. The topological polar surface area (TPSA) is 55.4 Å². The molecule has 1 aliphatic heterocycles. The first kappa shape index (κ1) is 10.5. The molecule has 0 aliphatic carbocycles. The zero-order valence-electron chi connectivity index (χ0n) is 7.81. The highest BCUT2D eigenvalue weighted by Crippen LogP contribution is 2.12. The number of ether oxygens (including phenoxy) is 1. The Labute approximate surface area is 87.1 Å². The smallest absolute Gasteiger partial charge is 0.240 e. The second kappa shape index (κ2) is 3.88. The molecule has 0 unspecified atom stereocenters. The molecule has 0 spiro atoms. The first-order valence-electron chi connectivity index (χ1n) is 4.43. The van der Waals surface area contributed by atoms with E-state index in [1.807, 2.05) is 0 Å². The van der Waals surface area contributed by atoms with Crippen LogP contribution in [0.15, 0.2) is 29.2 Å². The van der Waals surface area contributed by atoms with Gasteiger partial charge in [-0.15, -0.1) is 0 Å². The van der Waals surface area contributed by atoms with Crippen molar-refractivity contribution in [2.24, 2.45) is 0 Å². The number of benzene rings is 1. The predicted molar refractivity (Wildman–Crippen MR) is 51.3 cm³/mol. The molecular weight excluding hydrogens is 221 g/mol. The van der Waals surface area contributed by atoms with Gasteiger partial charge in [-0.2, -0.15) is 0 Å². The lowest BCUT2D eigenvalue weighted by molar-refractivity contribution is 0.00482. The van der Waals surface area contributed by atoms with E-state index >= 15 is 0 Å². The van der Waals surface area contributed by atoms with Gasteiger partial charge in [0.05, 0.1) is 24.2 Å². The van der Waals surface area contributed by atoms with Gasteiger partial charge in [-0.1, -0.05) is 0 Å². The molecule has 1 fully saturated rings. The quantitative estimate of drug-likeness (QED) is 0.824. The van der Waals surface area contributed by atoms with Crippen LogP contribution in [0.1, 0.15) is 0 Å². The summed E-state index contributed by atoms with van der Waals surface area (Å²) < 4.78 is 43.2. The Morgan fingerprint density at radius 3 is 2.33 bits per heavy atom.